The molecule has 0 saturated carbocycles. The Balaban J connectivity index is 2.16. The smallest absolute Gasteiger partial charge is 0.142 e. The summed E-state index contributed by atoms with van der Waals surface area (Å²) in [5.74, 6) is 5.23. The van der Waals surface area contributed by atoms with E-state index in [0.717, 1.165) is 16.5 Å². The number of halogens is 2. The van der Waals surface area contributed by atoms with Gasteiger partial charge in [-0.2, -0.15) is 0 Å². The monoisotopic (exact) mass is 301 g/mol. The quantitative estimate of drug-likeness (QED) is 0.574. The molecule has 21 heavy (non-hydrogen) atoms. The highest BCUT2D eigenvalue weighted by atomic mass is 35.5. The normalized spacial score (nSPS) is 12.5. The molecule has 106 valence electrons. The number of nitrogens with one attached hydrogen (secondary N) is 1. The lowest BCUT2D eigenvalue weighted by molar-refractivity contribution is 0.607. The summed E-state index contributed by atoms with van der Waals surface area (Å²) in [4.78, 5) is 4.32. The third kappa shape index (κ3) is 2.61. The maximum atomic E-state index is 13.7. The standard InChI is InChI=1S/C16H13ClFN3/c17-13-7-6-10(9-14(13)18)16(21-19)12-3-1-5-15-11(12)4-2-8-20-15/h1-9,16,21H,19H2. The summed E-state index contributed by atoms with van der Waals surface area (Å²) in [6.45, 7) is 0. The Kier molecular flexibility index (Phi) is 3.84. The Morgan fingerprint density at radius 3 is 2.76 bits per heavy atom. The van der Waals surface area contributed by atoms with Crippen LogP contribution in [0.15, 0.2) is 54.7 Å². The minimum absolute atomic E-state index is 0.0918. The van der Waals surface area contributed by atoms with E-state index in [1.165, 1.54) is 12.1 Å². The van der Waals surface area contributed by atoms with Crippen LogP contribution in [-0.2, 0) is 0 Å². The molecule has 0 aliphatic heterocycles. The third-order valence-electron chi connectivity index (χ3n) is 3.43. The zero-order chi connectivity index (χ0) is 14.8. The van der Waals surface area contributed by atoms with Gasteiger partial charge in [0, 0.05) is 11.6 Å². The topological polar surface area (TPSA) is 50.9 Å². The molecule has 0 bridgehead atoms. The zero-order valence-electron chi connectivity index (χ0n) is 11.1. The number of nitrogens with two attached hydrogens (primary N) is 1. The van der Waals surface area contributed by atoms with Crippen molar-refractivity contribution in [3.05, 3.63) is 76.7 Å². The molecule has 3 aromatic rings. The van der Waals surface area contributed by atoms with Gasteiger partial charge in [0.1, 0.15) is 5.82 Å². The third-order valence-corrected chi connectivity index (χ3v) is 3.74. The van der Waals surface area contributed by atoms with Gasteiger partial charge in [0.15, 0.2) is 0 Å². The molecule has 0 amide bonds. The van der Waals surface area contributed by atoms with Crippen molar-refractivity contribution < 1.29 is 4.39 Å². The van der Waals surface area contributed by atoms with Gasteiger partial charge >= 0.3 is 0 Å². The van der Waals surface area contributed by atoms with E-state index in [1.54, 1.807) is 12.3 Å². The van der Waals surface area contributed by atoms with Crippen molar-refractivity contribution >= 4 is 22.5 Å². The first kappa shape index (κ1) is 13.9. The molecule has 1 atom stereocenters. The number of fused-ring (bicyclic) bond motifs is 1. The Labute approximate surface area is 126 Å². The predicted molar refractivity (Wildman–Crippen MR) is 82.3 cm³/mol. The first-order valence-corrected chi connectivity index (χ1v) is 6.83. The van der Waals surface area contributed by atoms with E-state index >= 15 is 0 Å². The maximum absolute atomic E-state index is 13.7. The fraction of sp³-hybridized carbons (Fsp3) is 0.0625. The second-order valence-electron chi connectivity index (χ2n) is 4.69. The number of benzene rings is 2. The average Bonchev–Trinajstić information content (AvgIpc) is 2.52. The Hall–Kier alpha value is -2.01. The molecule has 1 heterocycles. The fourth-order valence-electron chi connectivity index (χ4n) is 2.44. The van der Waals surface area contributed by atoms with Crippen LogP contribution in [-0.4, -0.2) is 4.98 Å². The molecule has 0 aliphatic rings. The predicted octanol–water partition coefficient (Wildman–Crippen LogP) is 3.58. The number of pyridine rings is 1. The van der Waals surface area contributed by atoms with Crippen LogP contribution in [0.2, 0.25) is 5.02 Å². The first-order chi connectivity index (χ1) is 10.2. The molecule has 3 nitrogen and oxygen atoms in total. The molecule has 2 aromatic carbocycles. The molecule has 0 fully saturated rings. The van der Waals surface area contributed by atoms with Crippen molar-refractivity contribution in [2.24, 2.45) is 5.84 Å². The summed E-state index contributed by atoms with van der Waals surface area (Å²) in [7, 11) is 0. The van der Waals surface area contributed by atoms with Gasteiger partial charge in [-0.3, -0.25) is 10.8 Å². The van der Waals surface area contributed by atoms with Crippen molar-refractivity contribution in [1.29, 1.82) is 0 Å². The second-order valence-corrected chi connectivity index (χ2v) is 5.10. The molecule has 3 N–H and O–H groups in total. The molecule has 0 saturated heterocycles. The van der Waals surface area contributed by atoms with Crippen LogP contribution in [0.25, 0.3) is 10.9 Å². The molecule has 3 rings (SSSR count). The second kappa shape index (κ2) is 5.77. The maximum Gasteiger partial charge on any atom is 0.142 e. The van der Waals surface area contributed by atoms with E-state index in [2.05, 4.69) is 10.4 Å². The lowest BCUT2D eigenvalue weighted by Gasteiger charge is -2.19. The number of aromatic nitrogens is 1. The Morgan fingerprint density at radius 1 is 1.14 bits per heavy atom. The summed E-state index contributed by atoms with van der Waals surface area (Å²) >= 11 is 5.73. The summed E-state index contributed by atoms with van der Waals surface area (Å²) in [6.07, 6.45) is 1.74. The van der Waals surface area contributed by atoms with Crippen molar-refractivity contribution in [3.8, 4) is 0 Å². The van der Waals surface area contributed by atoms with Gasteiger partial charge in [-0.1, -0.05) is 35.9 Å². The number of rotatable bonds is 3. The minimum Gasteiger partial charge on any atom is -0.271 e. The van der Waals surface area contributed by atoms with E-state index in [0.29, 0.717) is 5.56 Å². The number of hydrazine groups is 1. The van der Waals surface area contributed by atoms with Crippen molar-refractivity contribution in [3.63, 3.8) is 0 Å². The SMILES string of the molecule is NNC(c1ccc(Cl)c(F)c1)c1cccc2ncccc12. The van der Waals surface area contributed by atoms with Crippen LogP contribution in [0.3, 0.4) is 0 Å². The minimum atomic E-state index is -0.465. The van der Waals surface area contributed by atoms with Crippen LogP contribution in [0.4, 0.5) is 4.39 Å². The fourth-order valence-corrected chi connectivity index (χ4v) is 2.55. The van der Waals surface area contributed by atoms with Crippen molar-refractivity contribution in [2.75, 3.05) is 0 Å². The molecular weight excluding hydrogens is 289 g/mol. The number of nitrogens with zero attached hydrogens (tertiary/aromatic N) is 1. The summed E-state index contributed by atoms with van der Waals surface area (Å²) in [6, 6.07) is 13.9. The number of hydrogen-bond acceptors (Lipinski definition) is 3. The molecule has 0 aliphatic carbocycles. The summed E-state index contributed by atoms with van der Waals surface area (Å²) in [5.41, 5.74) is 5.24. The molecule has 1 unspecified atom stereocenters. The van der Waals surface area contributed by atoms with Gasteiger partial charge in [0.25, 0.3) is 0 Å². The Bertz CT molecular complexity index is 786. The molecule has 0 radical (unpaired) electrons. The van der Waals surface area contributed by atoms with Crippen LogP contribution in [0.5, 0.6) is 0 Å². The Morgan fingerprint density at radius 2 is 2.00 bits per heavy atom. The average molecular weight is 302 g/mol. The highest BCUT2D eigenvalue weighted by Gasteiger charge is 2.16. The molecule has 1 aromatic heterocycles. The van der Waals surface area contributed by atoms with E-state index in [-0.39, 0.29) is 11.1 Å². The van der Waals surface area contributed by atoms with Crippen molar-refractivity contribution in [1.82, 2.24) is 10.4 Å². The summed E-state index contributed by atoms with van der Waals surface area (Å²) in [5, 5.41) is 1.06. The van der Waals surface area contributed by atoms with Gasteiger partial charge < -0.3 is 0 Å². The van der Waals surface area contributed by atoms with E-state index in [4.69, 9.17) is 17.4 Å². The molecular formula is C16H13ClFN3. The lowest BCUT2D eigenvalue weighted by atomic mass is 9.95. The van der Waals surface area contributed by atoms with E-state index in [1.807, 2.05) is 30.3 Å². The highest BCUT2D eigenvalue weighted by molar-refractivity contribution is 6.30. The summed E-state index contributed by atoms with van der Waals surface area (Å²) < 4.78 is 13.7. The van der Waals surface area contributed by atoms with Crippen LogP contribution in [0, 0.1) is 5.82 Å². The highest BCUT2D eigenvalue weighted by Crippen LogP contribution is 2.29. The van der Waals surface area contributed by atoms with Crippen LogP contribution >= 0.6 is 11.6 Å². The van der Waals surface area contributed by atoms with Gasteiger partial charge in [-0.15, -0.1) is 0 Å². The van der Waals surface area contributed by atoms with Crippen molar-refractivity contribution in [2.45, 2.75) is 6.04 Å². The first-order valence-electron chi connectivity index (χ1n) is 6.45. The largest absolute Gasteiger partial charge is 0.271 e. The van der Waals surface area contributed by atoms with Crippen LogP contribution in [0.1, 0.15) is 17.2 Å². The van der Waals surface area contributed by atoms with Crippen LogP contribution < -0.4 is 11.3 Å². The van der Waals surface area contributed by atoms with Gasteiger partial charge in [-0.25, -0.2) is 9.82 Å². The van der Waals surface area contributed by atoms with E-state index in [9.17, 15) is 4.39 Å². The lowest BCUT2D eigenvalue weighted by Crippen LogP contribution is -2.29. The van der Waals surface area contributed by atoms with E-state index < -0.39 is 5.82 Å². The van der Waals surface area contributed by atoms with Gasteiger partial charge in [0.05, 0.1) is 16.6 Å². The molecule has 0 spiro atoms. The van der Waals surface area contributed by atoms with Gasteiger partial charge in [-0.05, 0) is 35.4 Å². The zero-order valence-corrected chi connectivity index (χ0v) is 11.8. The molecule has 5 heteroatoms. The number of hydrogen-bond donors (Lipinski definition) is 2. The van der Waals surface area contributed by atoms with Gasteiger partial charge in [0.2, 0.25) is 0 Å².